The second-order valence-electron chi connectivity index (χ2n) is 6.82. The Kier molecular flexibility index (Phi) is 6.33. The Morgan fingerprint density at radius 3 is 2.56 bits per heavy atom. The zero-order valence-electron chi connectivity index (χ0n) is 15.0. The Bertz CT molecular complexity index is 641. The summed E-state index contributed by atoms with van der Waals surface area (Å²) < 4.78 is 0. The van der Waals surface area contributed by atoms with Crippen molar-refractivity contribution < 1.29 is 4.92 Å². The summed E-state index contributed by atoms with van der Waals surface area (Å²) in [5, 5.41) is 20.7. The van der Waals surface area contributed by atoms with Gasteiger partial charge in [-0.1, -0.05) is 38.3 Å². The number of fused-ring (bicyclic) bond motifs is 1. The number of likely N-dealkylation sites (tertiary alicyclic amines) is 1. The fraction of sp³-hybridized carbons (Fsp3) is 0.550. The molecule has 25 heavy (non-hydrogen) atoms. The molecule has 1 heterocycles. The number of nitro groups is 1. The lowest BCUT2D eigenvalue weighted by Crippen LogP contribution is -2.30. The number of hydrogen-bond donors (Lipinski definition) is 0. The first-order valence-corrected chi connectivity index (χ1v) is 9.02. The second kappa shape index (κ2) is 8.26. The maximum Gasteiger partial charge on any atom is 0.269 e. The number of nitro benzene ring substituents is 1. The lowest BCUT2D eigenvalue weighted by atomic mass is 9.91. The molecular weight excluding hydrogens is 314 g/mol. The smallest absolute Gasteiger partial charge is 0.269 e. The molecule has 0 N–H and O–H groups in total. The van der Waals surface area contributed by atoms with Crippen LogP contribution in [0.5, 0.6) is 0 Å². The number of hydrogen-bond acceptors (Lipinski definition) is 4. The average molecular weight is 341 g/mol. The van der Waals surface area contributed by atoms with Crippen LogP contribution in [0.15, 0.2) is 37.4 Å². The summed E-state index contributed by atoms with van der Waals surface area (Å²) >= 11 is 0. The van der Waals surface area contributed by atoms with E-state index in [2.05, 4.69) is 31.1 Å². The molecule has 1 aliphatic heterocycles. The molecule has 0 spiro atoms. The molecule has 1 aromatic carbocycles. The summed E-state index contributed by atoms with van der Waals surface area (Å²) in [5.41, 5.74) is 0.416. The molecule has 134 valence electrons. The molecule has 0 bridgehead atoms. The molecule has 0 aromatic heterocycles. The van der Waals surface area contributed by atoms with Crippen LogP contribution in [0.2, 0.25) is 0 Å². The van der Waals surface area contributed by atoms with Gasteiger partial charge in [-0.15, -0.1) is 13.2 Å². The highest BCUT2D eigenvalue weighted by molar-refractivity contribution is 5.50. The van der Waals surface area contributed by atoms with Gasteiger partial charge in [0.15, 0.2) is 0 Å². The molecule has 0 radical (unpaired) electrons. The molecule has 1 saturated heterocycles. The van der Waals surface area contributed by atoms with Gasteiger partial charge in [0.1, 0.15) is 0 Å². The van der Waals surface area contributed by atoms with Crippen LogP contribution in [0.3, 0.4) is 0 Å². The van der Waals surface area contributed by atoms with Crippen LogP contribution in [-0.2, 0) is 5.41 Å². The third-order valence-electron chi connectivity index (χ3n) is 5.50. The Morgan fingerprint density at radius 1 is 1.32 bits per heavy atom. The highest BCUT2D eigenvalue weighted by Crippen LogP contribution is 2.63. The third kappa shape index (κ3) is 3.59. The van der Waals surface area contributed by atoms with E-state index in [1.807, 2.05) is 6.07 Å². The molecule has 3 atom stereocenters. The SMILES string of the molecule is C=C.CCCCCCN1C[C@@H]2[C@H](C1)C2(C#N)c1cccc([N+](=O)[O-])c1. The van der Waals surface area contributed by atoms with Crippen molar-refractivity contribution in [2.75, 3.05) is 19.6 Å². The average Bonchev–Trinajstić information content (AvgIpc) is 3.03. The number of non-ortho nitro benzene ring substituents is 1. The van der Waals surface area contributed by atoms with E-state index in [9.17, 15) is 15.4 Å². The van der Waals surface area contributed by atoms with E-state index in [-0.39, 0.29) is 10.6 Å². The van der Waals surface area contributed by atoms with Crippen LogP contribution in [0.4, 0.5) is 5.69 Å². The van der Waals surface area contributed by atoms with Crippen LogP contribution < -0.4 is 0 Å². The van der Waals surface area contributed by atoms with E-state index in [1.165, 1.54) is 31.7 Å². The van der Waals surface area contributed by atoms with Gasteiger partial charge in [0.25, 0.3) is 5.69 Å². The lowest BCUT2D eigenvalue weighted by Gasteiger charge is -2.22. The quantitative estimate of drug-likeness (QED) is 0.321. The minimum atomic E-state index is -0.494. The first kappa shape index (κ1) is 19.1. The number of rotatable bonds is 7. The van der Waals surface area contributed by atoms with E-state index in [0.29, 0.717) is 11.8 Å². The van der Waals surface area contributed by atoms with Crippen LogP contribution >= 0.6 is 0 Å². The molecule has 5 nitrogen and oxygen atoms in total. The fourth-order valence-electron chi connectivity index (χ4n) is 4.19. The van der Waals surface area contributed by atoms with E-state index >= 15 is 0 Å². The topological polar surface area (TPSA) is 70.2 Å². The van der Waals surface area contributed by atoms with Gasteiger partial charge in [-0.05, 0) is 18.5 Å². The molecule has 1 saturated carbocycles. The molecule has 5 heteroatoms. The Morgan fingerprint density at radius 2 is 2.00 bits per heavy atom. The predicted molar refractivity (Wildman–Crippen MR) is 99.2 cm³/mol. The summed E-state index contributed by atoms with van der Waals surface area (Å²) in [7, 11) is 0. The van der Waals surface area contributed by atoms with Gasteiger partial charge in [0, 0.05) is 37.1 Å². The summed E-state index contributed by atoms with van der Waals surface area (Å²) in [6.45, 7) is 11.2. The first-order valence-electron chi connectivity index (χ1n) is 9.02. The molecule has 0 amide bonds. The number of piperidine rings is 1. The fourth-order valence-corrected chi connectivity index (χ4v) is 4.19. The number of benzene rings is 1. The standard InChI is InChI=1S/C18H23N3O2.C2H4/c1-2-3-4-5-9-20-11-16-17(12-20)18(16,13-19)14-7-6-8-15(10-14)21(22)23;1-2/h6-8,10,16-17H,2-5,9,11-12H2,1H3;1-2H2/t16-,17+,18?;. The van der Waals surface area contributed by atoms with Crippen molar-refractivity contribution in [2.24, 2.45) is 11.8 Å². The van der Waals surface area contributed by atoms with Crippen molar-refractivity contribution in [3.8, 4) is 6.07 Å². The van der Waals surface area contributed by atoms with Gasteiger partial charge in [0.2, 0.25) is 0 Å². The van der Waals surface area contributed by atoms with Gasteiger partial charge in [0.05, 0.1) is 16.4 Å². The van der Waals surface area contributed by atoms with Crippen LogP contribution in [0.25, 0.3) is 0 Å². The molecule has 2 aliphatic rings. The van der Waals surface area contributed by atoms with Gasteiger partial charge < -0.3 is 4.90 Å². The normalized spacial score (nSPS) is 26.9. The van der Waals surface area contributed by atoms with Crippen molar-refractivity contribution in [3.05, 3.63) is 53.1 Å². The maximum atomic E-state index is 11.0. The largest absolute Gasteiger partial charge is 0.303 e. The predicted octanol–water partition coefficient (Wildman–Crippen LogP) is 4.30. The van der Waals surface area contributed by atoms with Gasteiger partial charge >= 0.3 is 0 Å². The number of unbranched alkanes of at least 4 members (excludes halogenated alkanes) is 3. The van der Waals surface area contributed by atoms with Gasteiger partial charge in [-0.3, -0.25) is 10.1 Å². The zero-order chi connectivity index (χ0) is 18.4. The summed E-state index contributed by atoms with van der Waals surface area (Å²) in [5.74, 6) is 0.668. The number of nitrogens with zero attached hydrogens (tertiary/aromatic N) is 3. The molecule has 1 aromatic rings. The summed E-state index contributed by atoms with van der Waals surface area (Å²) in [6, 6.07) is 9.14. The molecule has 2 fully saturated rings. The Hall–Kier alpha value is -2.19. The lowest BCUT2D eigenvalue weighted by molar-refractivity contribution is -0.384. The minimum absolute atomic E-state index is 0.0820. The second-order valence-corrected chi connectivity index (χ2v) is 6.82. The monoisotopic (exact) mass is 341 g/mol. The molecule has 1 unspecified atom stereocenters. The van der Waals surface area contributed by atoms with Crippen molar-refractivity contribution in [2.45, 2.75) is 38.0 Å². The van der Waals surface area contributed by atoms with Crippen molar-refractivity contribution in [1.29, 1.82) is 5.26 Å². The third-order valence-corrected chi connectivity index (χ3v) is 5.50. The van der Waals surface area contributed by atoms with E-state index in [0.717, 1.165) is 25.2 Å². The van der Waals surface area contributed by atoms with Crippen molar-refractivity contribution in [1.82, 2.24) is 4.90 Å². The zero-order valence-corrected chi connectivity index (χ0v) is 15.0. The number of nitriles is 1. The maximum absolute atomic E-state index is 11.0. The highest BCUT2D eigenvalue weighted by atomic mass is 16.6. The highest BCUT2D eigenvalue weighted by Gasteiger charge is 2.69. The van der Waals surface area contributed by atoms with E-state index in [4.69, 9.17) is 0 Å². The summed E-state index contributed by atoms with van der Waals surface area (Å²) in [6.07, 6.45) is 5.03. The van der Waals surface area contributed by atoms with E-state index < -0.39 is 5.41 Å². The molecular formula is C20H27N3O2. The van der Waals surface area contributed by atoms with Crippen molar-refractivity contribution >= 4 is 5.69 Å². The summed E-state index contributed by atoms with van der Waals surface area (Å²) in [4.78, 5) is 13.0. The minimum Gasteiger partial charge on any atom is -0.303 e. The van der Waals surface area contributed by atoms with E-state index in [1.54, 1.807) is 12.1 Å². The Labute approximate surface area is 150 Å². The molecule has 3 rings (SSSR count). The molecule has 1 aliphatic carbocycles. The first-order chi connectivity index (χ1) is 12.1. The Balaban J connectivity index is 0.00000109. The van der Waals surface area contributed by atoms with Gasteiger partial charge in [-0.2, -0.15) is 5.26 Å². The van der Waals surface area contributed by atoms with Crippen LogP contribution in [-0.4, -0.2) is 29.5 Å². The van der Waals surface area contributed by atoms with Gasteiger partial charge in [-0.25, -0.2) is 0 Å². The van der Waals surface area contributed by atoms with Crippen LogP contribution in [0, 0.1) is 33.3 Å². The van der Waals surface area contributed by atoms with Crippen LogP contribution in [0.1, 0.15) is 38.2 Å². The van der Waals surface area contributed by atoms with Crippen molar-refractivity contribution in [3.63, 3.8) is 0 Å².